The summed E-state index contributed by atoms with van der Waals surface area (Å²) in [7, 11) is 0. The Hall–Kier alpha value is -1.91. The predicted molar refractivity (Wildman–Crippen MR) is 74.9 cm³/mol. The van der Waals surface area contributed by atoms with Gasteiger partial charge in [-0.25, -0.2) is 4.39 Å². The van der Waals surface area contributed by atoms with Gasteiger partial charge < -0.3 is 5.32 Å². The number of carbonyl (C=O) groups is 2. The lowest BCUT2D eigenvalue weighted by molar-refractivity contribution is -0.134. The van der Waals surface area contributed by atoms with Gasteiger partial charge in [-0.2, -0.15) is 0 Å². The number of halogens is 1. The molecule has 1 aliphatic rings. The van der Waals surface area contributed by atoms with Gasteiger partial charge >= 0.3 is 0 Å². The fraction of sp³-hybridized carbons (Fsp3) is 0.467. The van der Waals surface area contributed by atoms with E-state index in [2.05, 4.69) is 5.32 Å². The summed E-state index contributed by atoms with van der Waals surface area (Å²) in [6.45, 7) is 7.04. The predicted octanol–water partition coefficient (Wildman–Crippen LogP) is 2.01. The van der Waals surface area contributed by atoms with Crippen molar-refractivity contribution in [2.45, 2.75) is 39.8 Å². The number of benzene rings is 1. The minimum Gasteiger partial charge on any atom is -0.343 e. The van der Waals surface area contributed by atoms with Crippen LogP contribution in [-0.2, 0) is 9.59 Å². The van der Waals surface area contributed by atoms with Crippen LogP contribution in [0.3, 0.4) is 0 Å². The first-order valence-electron chi connectivity index (χ1n) is 6.73. The number of nitrogens with one attached hydrogen (secondary N) is 1. The molecule has 2 rings (SSSR count). The van der Waals surface area contributed by atoms with Crippen LogP contribution in [0.15, 0.2) is 18.2 Å². The third-order valence-corrected chi connectivity index (χ3v) is 3.57. The number of aryl methyl sites for hydroxylation is 1. The second-order valence-electron chi connectivity index (χ2n) is 5.53. The van der Waals surface area contributed by atoms with E-state index >= 15 is 0 Å². The molecule has 1 fully saturated rings. The first-order chi connectivity index (χ1) is 9.34. The summed E-state index contributed by atoms with van der Waals surface area (Å²) in [4.78, 5) is 25.9. The van der Waals surface area contributed by atoms with Crippen molar-refractivity contribution in [3.8, 4) is 0 Å². The van der Waals surface area contributed by atoms with Gasteiger partial charge in [-0.15, -0.1) is 0 Å². The van der Waals surface area contributed by atoms with Crippen molar-refractivity contribution in [1.82, 2.24) is 5.32 Å². The number of rotatable bonds is 2. The second kappa shape index (κ2) is 5.23. The van der Waals surface area contributed by atoms with Crippen LogP contribution in [0.4, 0.5) is 10.1 Å². The molecule has 0 radical (unpaired) electrons. The Balaban J connectivity index is 2.59. The van der Waals surface area contributed by atoms with E-state index in [-0.39, 0.29) is 23.4 Å². The highest BCUT2D eigenvalue weighted by Crippen LogP contribution is 2.30. The van der Waals surface area contributed by atoms with Crippen LogP contribution in [-0.4, -0.2) is 23.9 Å². The summed E-state index contributed by atoms with van der Waals surface area (Å²) in [5.74, 6) is -1.11. The molecule has 0 saturated carbocycles. The van der Waals surface area contributed by atoms with Crippen LogP contribution in [0.2, 0.25) is 0 Å². The van der Waals surface area contributed by atoms with Crippen LogP contribution in [0.1, 0.15) is 26.3 Å². The standard InChI is InChI=1S/C15H19FN2O2/c1-8(2)12-14(19)17-10(4)15(20)18(12)13-9(3)6-5-7-11(13)16/h5-8,10,12H,1-4H3,(H,17,19). The molecule has 2 amide bonds. The van der Waals surface area contributed by atoms with E-state index in [0.717, 1.165) is 0 Å². The van der Waals surface area contributed by atoms with E-state index in [0.29, 0.717) is 5.56 Å². The van der Waals surface area contributed by atoms with Crippen molar-refractivity contribution in [2.75, 3.05) is 4.90 Å². The normalized spacial score (nSPS) is 23.2. The summed E-state index contributed by atoms with van der Waals surface area (Å²) in [5, 5.41) is 2.65. The first-order valence-corrected chi connectivity index (χ1v) is 6.73. The van der Waals surface area contributed by atoms with Gasteiger partial charge in [0.1, 0.15) is 17.9 Å². The zero-order valence-electron chi connectivity index (χ0n) is 12.1. The number of hydrogen-bond donors (Lipinski definition) is 1. The molecule has 0 bridgehead atoms. The van der Waals surface area contributed by atoms with Crippen LogP contribution < -0.4 is 10.2 Å². The zero-order chi connectivity index (χ0) is 15.0. The van der Waals surface area contributed by atoms with E-state index in [1.54, 1.807) is 26.0 Å². The van der Waals surface area contributed by atoms with Crippen molar-refractivity contribution in [3.63, 3.8) is 0 Å². The molecular weight excluding hydrogens is 259 g/mol. The second-order valence-corrected chi connectivity index (χ2v) is 5.53. The lowest BCUT2D eigenvalue weighted by Crippen LogP contribution is -2.64. The number of hydrogen-bond acceptors (Lipinski definition) is 2. The Kier molecular flexibility index (Phi) is 3.79. The Labute approximate surface area is 118 Å². The van der Waals surface area contributed by atoms with Crippen molar-refractivity contribution >= 4 is 17.5 Å². The van der Waals surface area contributed by atoms with Crippen LogP contribution in [0.25, 0.3) is 0 Å². The number of nitrogens with zero attached hydrogens (tertiary/aromatic N) is 1. The van der Waals surface area contributed by atoms with Crippen molar-refractivity contribution in [1.29, 1.82) is 0 Å². The van der Waals surface area contributed by atoms with Gasteiger partial charge in [-0.3, -0.25) is 14.5 Å². The van der Waals surface area contributed by atoms with Gasteiger partial charge in [0.15, 0.2) is 0 Å². The number of piperazine rings is 1. The maximum atomic E-state index is 14.2. The maximum Gasteiger partial charge on any atom is 0.250 e. The Morgan fingerprint density at radius 3 is 2.50 bits per heavy atom. The van der Waals surface area contributed by atoms with Crippen LogP contribution in [0, 0.1) is 18.7 Å². The summed E-state index contributed by atoms with van der Waals surface area (Å²) >= 11 is 0. The molecule has 20 heavy (non-hydrogen) atoms. The quantitative estimate of drug-likeness (QED) is 0.899. The van der Waals surface area contributed by atoms with Crippen LogP contribution >= 0.6 is 0 Å². The minimum atomic E-state index is -0.686. The summed E-state index contributed by atoms with van der Waals surface area (Å²) in [6, 6.07) is 3.31. The highest BCUT2D eigenvalue weighted by atomic mass is 19.1. The maximum absolute atomic E-state index is 14.2. The largest absolute Gasteiger partial charge is 0.343 e. The number of amides is 2. The molecule has 1 heterocycles. The van der Waals surface area contributed by atoms with E-state index in [9.17, 15) is 14.0 Å². The third kappa shape index (κ3) is 2.28. The molecule has 1 aromatic carbocycles. The highest BCUT2D eigenvalue weighted by Gasteiger charge is 2.42. The molecule has 0 aromatic heterocycles. The summed E-state index contributed by atoms with van der Waals surface area (Å²) < 4.78 is 14.2. The summed E-state index contributed by atoms with van der Waals surface area (Å²) in [6.07, 6.45) is 0. The molecule has 108 valence electrons. The van der Waals surface area contributed by atoms with Gasteiger partial charge in [0.05, 0.1) is 5.69 Å². The number of para-hydroxylation sites is 1. The van der Waals surface area contributed by atoms with Crippen molar-refractivity contribution in [2.24, 2.45) is 5.92 Å². The minimum absolute atomic E-state index is 0.106. The fourth-order valence-corrected chi connectivity index (χ4v) is 2.60. The van der Waals surface area contributed by atoms with E-state index < -0.39 is 17.9 Å². The van der Waals surface area contributed by atoms with Crippen molar-refractivity contribution in [3.05, 3.63) is 29.6 Å². The molecule has 1 N–H and O–H groups in total. The lowest BCUT2D eigenvalue weighted by atomic mass is 9.95. The molecule has 1 saturated heterocycles. The Morgan fingerprint density at radius 2 is 1.95 bits per heavy atom. The topological polar surface area (TPSA) is 49.4 Å². The SMILES string of the molecule is Cc1cccc(F)c1N1C(=O)C(C)NC(=O)C1C(C)C. The molecular formula is C15H19FN2O2. The van der Waals surface area contributed by atoms with Gasteiger partial charge in [0, 0.05) is 0 Å². The van der Waals surface area contributed by atoms with Gasteiger partial charge in [0.2, 0.25) is 11.8 Å². The number of carbonyl (C=O) groups excluding carboxylic acids is 2. The van der Waals surface area contributed by atoms with Gasteiger partial charge in [-0.1, -0.05) is 26.0 Å². The molecule has 2 unspecified atom stereocenters. The van der Waals surface area contributed by atoms with E-state index in [1.165, 1.54) is 11.0 Å². The summed E-state index contributed by atoms with van der Waals surface area (Å²) in [5.41, 5.74) is 0.851. The molecule has 5 heteroatoms. The third-order valence-electron chi connectivity index (χ3n) is 3.57. The fourth-order valence-electron chi connectivity index (χ4n) is 2.60. The molecule has 0 spiro atoms. The molecule has 0 aliphatic carbocycles. The lowest BCUT2D eigenvalue weighted by Gasteiger charge is -2.40. The first kappa shape index (κ1) is 14.5. The Bertz CT molecular complexity index is 537. The van der Waals surface area contributed by atoms with E-state index in [4.69, 9.17) is 0 Å². The molecule has 4 nitrogen and oxygen atoms in total. The Morgan fingerprint density at radius 1 is 1.30 bits per heavy atom. The molecule has 2 atom stereocenters. The van der Waals surface area contributed by atoms with Crippen LogP contribution in [0.5, 0.6) is 0 Å². The molecule has 1 aliphatic heterocycles. The van der Waals surface area contributed by atoms with Gasteiger partial charge in [0.25, 0.3) is 0 Å². The van der Waals surface area contributed by atoms with E-state index in [1.807, 2.05) is 13.8 Å². The smallest absolute Gasteiger partial charge is 0.250 e. The average Bonchev–Trinajstić information content (AvgIpc) is 2.34. The zero-order valence-corrected chi connectivity index (χ0v) is 12.1. The monoisotopic (exact) mass is 278 g/mol. The average molecular weight is 278 g/mol. The number of anilines is 1. The molecule has 1 aromatic rings. The van der Waals surface area contributed by atoms with Crippen molar-refractivity contribution < 1.29 is 14.0 Å². The van der Waals surface area contributed by atoms with Gasteiger partial charge in [-0.05, 0) is 31.4 Å². The highest BCUT2D eigenvalue weighted by molar-refractivity contribution is 6.08.